The minimum Gasteiger partial charge on any atom is -0.444 e. The van der Waals surface area contributed by atoms with Crippen LogP contribution < -0.4 is 5.43 Å². The van der Waals surface area contributed by atoms with Crippen molar-refractivity contribution in [3.63, 3.8) is 0 Å². The first-order valence-corrected chi connectivity index (χ1v) is 6.65. The summed E-state index contributed by atoms with van der Waals surface area (Å²) in [5.41, 5.74) is 2.25. The van der Waals surface area contributed by atoms with Crippen molar-refractivity contribution in [3.05, 3.63) is 49.7 Å². The molecule has 1 heterocycles. The van der Waals surface area contributed by atoms with Crippen molar-refractivity contribution < 1.29 is 19.1 Å². The molecule has 2 amide bonds. The van der Waals surface area contributed by atoms with Crippen LogP contribution in [0.15, 0.2) is 54.7 Å². The van der Waals surface area contributed by atoms with Crippen molar-refractivity contribution in [2.75, 3.05) is 13.2 Å². The van der Waals surface area contributed by atoms with Crippen LogP contribution in [0.2, 0.25) is 0 Å². The van der Waals surface area contributed by atoms with Crippen LogP contribution in [0, 0.1) is 0 Å². The lowest BCUT2D eigenvalue weighted by atomic mass is 10.5. The van der Waals surface area contributed by atoms with Crippen LogP contribution in [-0.4, -0.2) is 34.8 Å². The molecule has 0 atom stereocenters. The van der Waals surface area contributed by atoms with Gasteiger partial charge < -0.3 is 9.47 Å². The van der Waals surface area contributed by atoms with Gasteiger partial charge in [0.2, 0.25) is 0 Å². The first-order valence-electron chi connectivity index (χ1n) is 5.88. The Bertz CT molecular complexity index is 495. The van der Waals surface area contributed by atoms with E-state index in [1.165, 1.54) is 12.2 Å². The van der Waals surface area contributed by atoms with Crippen molar-refractivity contribution in [1.29, 1.82) is 0 Å². The molecule has 1 N–H and O–H groups in total. The van der Waals surface area contributed by atoms with E-state index in [2.05, 4.69) is 23.6 Å². The fourth-order valence-corrected chi connectivity index (χ4v) is 1.72. The van der Waals surface area contributed by atoms with Crippen LogP contribution >= 0.6 is 11.9 Å². The van der Waals surface area contributed by atoms with Gasteiger partial charge in [0, 0.05) is 18.1 Å². The average molecular weight is 309 g/mol. The molecule has 8 heteroatoms. The van der Waals surface area contributed by atoms with Crippen LogP contribution in [0.1, 0.15) is 0 Å². The number of hydrogen-bond donors (Lipinski definition) is 1. The van der Waals surface area contributed by atoms with E-state index < -0.39 is 12.2 Å². The van der Waals surface area contributed by atoms with Gasteiger partial charge in [0.25, 0.3) is 0 Å². The van der Waals surface area contributed by atoms with Gasteiger partial charge >= 0.3 is 12.2 Å². The number of hydrogen-bond acceptors (Lipinski definition) is 6. The van der Waals surface area contributed by atoms with Gasteiger partial charge in [-0.05, 0) is 12.1 Å². The van der Waals surface area contributed by atoms with Crippen molar-refractivity contribution >= 4 is 24.1 Å². The Morgan fingerprint density at radius 2 is 2.00 bits per heavy atom. The normalized spacial score (nSPS) is 9.33. The quantitative estimate of drug-likeness (QED) is 0.494. The molecule has 1 rings (SSSR count). The summed E-state index contributed by atoms with van der Waals surface area (Å²) in [7, 11) is 0. The first kappa shape index (κ1) is 16.6. The minimum absolute atomic E-state index is 0.0154. The highest BCUT2D eigenvalue weighted by Crippen LogP contribution is 2.18. The van der Waals surface area contributed by atoms with Crippen LogP contribution in [0.4, 0.5) is 9.59 Å². The number of nitrogens with one attached hydrogen (secondary N) is 1. The number of aromatic nitrogens is 1. The number of pyridine rings is 1. The first-order chi connectivity index (χ1) is 10.2. The van der Waals surface area contributed by atoms with Gasteiger partial charge in [0.15, 0.2) is 0 Å². The third-order valence-electron chi connectivity index (χ3n) is 1.84. The van der Waals surface area contributed by atoms with Crippen LogP contribution in [-0.2, 0) is 9.47 Å². The highest BCUT2D eigenvalue weighted by atomic mass is 32.2. The molecule has 0 saturated heterocycles. The lowest BCUT2D eigenvalue weighted by Crippen LogP contribution is -2.42. The van der Waals surface area contributed by atoms with Crippen molar-refractivity contribution in [3.8, 4) is 0 Å². The molecular weight excluding hydrogens is 294 g/mol. The van der Waals surface area contributed by atoms with E-state index in [1.807, 2.05) is 0 Å². The van der Waals surface area contributed by atoms with Gasteiger partial charge in [-0.1, -0.05) is 31.4 Å². The summed E-state index contributed by atoms with van der Waals surface area (Å²) in [4.78, 5) is 27.4. The SMILES string of the molecule is C=CCOC(=O)NN(Sc1ccccn1)C(=O)OCC=C. The number of ether oxygens (including phenoxy) is 2. The monoisotopic (exact) mass is 309 g/mol. The predicted octanol–water partition coefficient (Wildman–Crippen LogP) is 2.54. The van der Waals surface area contributed by atoms with Gasteiger partial charge in [-0.3, -0.25) is 0 Å². The minimum atomic E-state index is -0.811. The fraction of sp³-hybridized carbons (Fsp3) is 0.154. The summed E-state index contributed by atoms with van der Waals surface area (Å²) >= 11 is 0.885. The summed E-state index contributed by atoms with van der Waals surface area (Å²) < 4.78 is 10.5. The zero-order valence-electron chi connectivity index (χ0n) is 11.2. The third kappa shape index (κ3) is 6.48. The van der Waals surface area contributed by atoms with Crippen molar-refractivity contribution in [2.45, 2.75) is 5.03 Å². The Hall–Kier alpha value is -2.48. The summed E-state index contributed by atoms with van der Waals surface area (Å²) in [5.74, 6) is 0. The van der Waals surface area contributed by atoms with E-state index >= 15 is 0 Å². The highest BCUT2D eigenvalue weighted by Gasteiger charge is 2.20. The summed E-state index contributed by atoms with van der Waals surface area (Å²) in [6, 6.07) is 5.16. The van der Waals surface area contributed by atoms with Crippen LogP contribution in [0.3, 0.4) is 0 Å². The molecule has 0 spiro atoms. The van der Waals surface area contributed by atoms with E-state index in [4.69, 9.17) is 9.47 Å². The number of carbonyl (C=O) groups is 2. The smallest absolute Gasteiger partial charge is 0.440 e. The van der Waals surface area contributed by atoms with E-state index in [9.17, 15) is 9.59 Å². The van der Waals surface area contributed by atoms with Gasteiger partial charge in [-0.2, -0.15) is 0 Å². The lowest BCUT2D eigenvalue weighted by Gasteiger charge is -2.19. The number of hydrazine groups is 1. The molecule has 0 aliphatic heterocycles. The van der Waals surface area contributed by atoms with E-state index in [0.29, 0.717) is 5.03 Å². The molecule has 7 nitrogen and oxygen atoms in total. The zero-order chi connectivity index (χ0) is 15.5. The van der Waals surface area contributed by atoms with E-state index in [0.717, 1.165) is 16.4 Å². The molecule has 1 aromatic rings. The molecule has 0 aliphatic carbocycles. The van der Waals surface area contributed by atoms with Crippen molar-refractivity contribution in [1.82, 2.24) is 14.8 Å². The molecule has 0 fully saturated rings. The lowest BCUT2D eigenvalue weighted by molar-refractivity contribution is 0.112. The fourth-order valence-electron chi connectivity index (χ4n) is 1.04. The summed E-state index contributed by atoms with van der Waals surface area (Å²) in [6.07, 6.45) is 2.80. The number of nitrogens with zero attached hydrogens (tertiary/aromatic N) is 2. The zero-order valence-corrected chi connectivity index (χ0v) is 12.0. The van der Waals surface area contributed by atoms with Crippen LogP contribution in [0.25, 0.3) is 0 Å². The van der Waals surface area contributed by atoms with Crippen molar-refractivity contribution in [2.24, 2.45) is 0 Å². The van der Waals surface area contributed by atoms with Gasteiger partial charge in [-0.15, -0.1) is 4.41 Å². The molecule has 0 saturated carbocycles. The molecule has 0 aromatic carbocycles. The van der Waals surface area contributed by atoms with E-state index in [-0.39, 0.29) is 13.2 Å². The average Bonchev–Trinajstić information content (AvgIpc) is 2.51. The van der Waals surface area contributed by atoms with Crippen LogP contribution in [0.5, 0.6) is 0 Å². The maximum Gasteiger partial charge on any atom is 0.440 e. The second kappa shape index (κ2) is 9.43. The Morgan fingerprint density at radius 1 is 1.29 bits per heavy atom. The van der Waals surface area contributed by atoms with Gasteiger partial charge in [-0.25, -0.2) is 20.0 Å². The molecule has 21 heavy (non-hydrogen) atoms. The molecular formula is C13H15N3O4S. The molecule has 0 radical (unpaired) electrons. The Kier molecular flexibility index (Phi) is 7.44. The largest absolute Gasteiger partial charge is 0.444 e. The Balaban J connectivity index is 2.69. The second-order valence-corrected chi connectivity index (χ2v) is 4.38. The van der Waals surface area contributed by atoms with Gasteiger partial charge in [0.1, 0.15) is 18.2 Å². The standard InChI is InChI=1S/C13H15N3O4S/c1-3-9-19-12(17)15-16(13(18)20-10-4-2)21-11-7-5-6-8-14-11/h3-8H,1-2,9-10H2,(H,15,17). The Morgan fingerprint density at radius 3 is 2.62 bits per heavy atom. The highest BCUT2D eigenvalue weighted by molar-refractivity contribution is 7.97. The maximum atomic E-state index is 11.8. The molecule has 1 aromatic heterocycles. The van der Waals surface area contributed by atoms with Gasteiger partial charge in [0.05, 0.1) is 0 Å². The van der Waals surface area contributed by atoms with E-state index in [1.54, 1.807) is 24.4 Å². The summed E-state index contributed by atoms with van der Waals surface area (Å²) in [5, 5.41) is 0.497. The number of rotatable bonds is 6. The predicted molar refractivity (Wildman–Crippen MR) is 78.2 cm³/mol. The summed E-state index contributed by atoms with van der Waals surface area (Å²) in [6.45, 7) is 6.90. The third-order valence-corrected chi connectivity index (χ3v) is 2.69. The molecule has 112 valence electrons. The number of carbonyl (C=O) groups excluding carboxylic acids is 2. The molecule has 0 bridgehead atoms. The second-order valence-electron chi connectivity index (χ2n) is 3.42. The molecule has 0 unspecified atom stereocenters. The maximum absolute atomic E-state index is 11.8. The topological polar surface area (TPSA) is 80.8 Å². The Labute approximate surface area is 126 Å². The molecule has 0 aliphatic rings. The number of amides is 2.